The van der Waals surface area contributed by atoms with Gasteiger partial charge in [0.2, 0.25) is 0 Å². The number of halogens is 1. The topological polar surface area (TPSA) is 107 Å². The minimum atomic E-state index is -4.17. The van der Waals surface area contributed by atoms with E-state index in [4.69, 9.17) is 22.4 Å². The molecule has 6 nitrogen and oxygen atoms in total. The Morgan fingerprint density at radius 1 is 1.53 bits per heavy atom. The molecular weight excluding hydrogens is 240 g/mol. The number of benzene rings is 1. The van der Waals surface area contributed by atoms with Crippen LogP contribution in [0.4, 0.5) is 0 Å². The quantitative estimate of drug-likeness (QED) is 0.451. The van der Waals surface area contributed by atoms with Crippen molar-refractivity contribution >= 4 is 21.6 Å². The van der Waals surface area contributed by atoms with Crippen LogP contribution in [0.3, 0.4) is 0 Å². The largest absolute Gasteiger partial charge is 0.265 e. The summed E-state index contributed by atoms with van der Waals surface area (Å²) in [6.45, 7) is 0. The molecule has 0 fully saturated rings. The highest BCUT2D eigenvalue weighted by atomic mass is 35.5. The second-order valence-electron chi connectivity index (χ2n) is 2.40. The standard InChI is InChI=1S/C7H3ClN4O2S/c8-6-2-1-5(4-9)7(3-6)15(13,14)12-11-10/h1-3H. The van der Waals surface area contributed by atoms with E-state index >= 15 is 0 Å². The lowest BCUT2D eigenvalue weighted by molar-refractivity contribution is 0.597. The van der Waals surface area contributed by atoms with Crippen LogP contribution in [0, 0.1) is 11.3 Å². The van der Waals surface area contributed by atoms with Gasteiger partial charge in [0.05, 0.1) is 10.5 Å². The fraction of sp³-hybridized carbons (Fsp3) is 0. The molecule has 0 saturated heterocycles. The van der Waals surface area contributed by atoms with Crippen molar-refractivity contribution in [3.63, 3.8) is 0 Å². The van der Waals surface area contributed by atoms with Crippen molar-refractivity contribution in [1.82, 2.24) is 0 Å². The summed E-state index contributed by atoms with van der Waals surface area (Å²) in [6, 6.07) is 5.33. The number of rotatable bonds is 2. The molecule has 0 spiro atoms. The van der Waals surface area contributed by atoms with Crippen molar-refractivity contribution in [2.24, 2.45) is 4.52 Å². The van der Waals surface area contributed by atoms with Gasteiger partial charge in [-0.25, -0.2) is 8.42 Å². The van der Waals surface area contributed by atoms with Gasteiger partial charge in [0, 0.05) is 14.5 Å². The van der Waals surface area contributed by atoms with Crippen molar-refractivity contribution < 1.29 is 8.42 Å². The molecule has 1 rings (SSSR count). The van der Waals surface area contributed by atoms with Crippen LogP contribution in [-0.2, 0) is 10.0 Å². The predicted molar refractivity (Wildman–Crippen MR) is 52.5 cm³/mol. The van der Waals surface area contributed by atoms with Crippen LogP contribution in [0.1, 0.15) is 5.56 Å². The normalized spacial score (nSPS) is 10.1. The Kier molecular flexibility index (Phi) is 3.17. The van der Waals surface area contributed by atoms with E-state index in [-0.39, 0.29) is 10.6 Å². The first kappa shape index (κ1) is 11.3. The van der Waals surface area contributed by atoms with Crippen LogP contribution in [-0.4, -0.2) is 8.42 Å². The first-order valence-electron chi connectivity index (χ1n) is 3.52. The van der Waals surface area contributed by atoms with Crippen LogP contribution < -0.4 is 0 Å². The highest BCUT2D eigenvalue weighted by molar-refractivity contribution is 7.90. The number of hydrogen-bond donors (Lipinski definition) is 0. The van der Waals surface area contributed by atoms with Gasteiger partial charge in [0.1, 0.15) is 6.07 Å². The number of azide groups is 1. The third kappa shape index (κ3) is 2.39. The third-order valence-electron chi connectivity index (χ3n) is 1.49. The van der Waals surface area contributed by atoms with Gasteiger partial charge in [-0.3, -0.25) is 0 Å². The third-order valence-corrected chi connectivity index (χ3v) is 2.90. The maximum Gasteiger partial charge on any atom is 0.265 e. The minimum Gasteiger partial charge on any atom is -0.216 e. The molecule has 0 aliphatic rings. The van der Waals surface area contributed by atoms with Crippen LogP contribution >= 0.6 is 11.6 Å². The summed E-state index contributed by atoms with van der Waals surface area (Å²) in [5, 5.41) is 8.79. The number of hydrogen-bond acceptors (Lipinski definition) is 3. The molecule has 0 N–H and O–H groups in total. The first-order chi connectivity index (χ1) is 7.01. The lowest BCUT2D eigenvalue weighted by Crippen LogP contribution is -1.98. The van der Waals surface area contributed by atoms with E-state index in [9.17, 15) is 8.42 Å². The van der Waals surface area contributed by atoms with E-state index in [1.54, 1.807) is 6.07 Å². The van der Waals surface area contributed by atoms with Gasteiger partial charge in [-0.05, 0) is 23.7 Å². The summed E-state index contributed by atoms with van der Waals surface area (Å²) in [7, 11) is -4.17. The molecule has 0 atom stereocenters. The molecule has 0 bridgehead atoms. The maximum atomic E-state index is 11.3. The Morgan fingerprint density at radius 2 is 2.20 bits per heavy atom. The number of nitriles is 1. The first-order valence-corrected chi connectivity index (χ1v) is 5.34. The van der Waals surface area contributed by atoms with Crippen LogP contribution in [0.15, 0.2) is 27.6 Å². The molecule has 1 aromatic rings. The number of nitrogens with zero attached hydrogens (tertiary/aromatic N) is 4. The Hall–Kier alpha value is -1.74. The zero-order valence-electron chi connectivity index (χ0n) is 7.12. The summed E-state index contributed by atoms with van der Waals surface area (Å²) in [5.74, 6) is 0. The molecule has 0 radical (unpaired) electrons. The Labute approximate surface area is 90.4 Å². The van der Waals surface area contributed by atoms with Gasteiger partial charge >= 0.3 is 0 Å². The Morgan fingerprint density at radius 3 is 2.73 bits per heavy atom. The highest BCUT2D eigenvalue weighted by Crippen LogP contribution is 2.21. The van der Waals surface area contributed by atoms with Crippen molar-refractivity contribution in [2.75, 3.05) is 0 Å². The summed E-state index contributed by atoms with van der Waals surface area (Å²) >= 11 is 5.57. The molecule has 1 aromatic carbocycles. The summed E-state index contributed by atoms with van der Waals surface area (Å²) in [4.78, 5) is 1.78. The molecule has 0 aliphatic carbocycles. The van der Waals surface area contributed by atoms with Crippen molar-refractivity contribution in [2.45, 2.75) is 4.90 Å². The average molecular weight is 243 g/mol. The molecule has 8 heteroatoms. The molecule has 0 amide bonds. The van der Waals surface area contributed by atoms with E-state index in [1.807, 2.05) is 0 Å². The molecule has 0 unspecified atom stereocenters. The number of sulfonamides is 1. The van der Waals surface area contributed by atoms with Crippen LogP contribution in [0.25, 0.3) is 10.4 Å². The van der Waals surface area contributed by atoms with Crippen molar-refractivity contribution in [3.8, 4) is 6.07 Å². The fourth-order valence-corrected chi connectivity index (χ4v) is 1.98. The lowest BCUT2D eigenvalue weighted by Gasteiger charge is -2.00. The fourth-order valence-electron chi connectivity index (χ4n) is 0.894. The summed E-state index contributed by atoms with van der Waals surface area (Å²) in [6.07, 6.45) is 0. The van der Waals surface area contributed by atoms with Crippen molar-refractivity contribution in [1.29, 1.82) is 5.26 Å². The SMILES string of the molecule is N#Cc1ccc(Cl)cc1S(=O)(=O)N=[N+]=[N-]. The van der Waals surface area contributed by atoms with Gasteiger partial charge in [0.15, 0.2) is 0 Å². The van der Waals surface area contributed by atoms with E-state index in [0.717, 1.165) is 6.07 Å². The molecular formula is C7H3ClN4O2S. The second-order valence-corrected chi connectivity index (χ2v) is 4.39. The average Bonchev–Trinajstić information content (AvgIpc) is 2.17. The Balaban J connectivity index is 3.57. The summed E-state index contributed by atoms with van der Waals surface area (Å²) in [5.41, 5.74) is 7.94. The van der Waals surface area contributed by atoms with E-state index in [0.29, 0.717) is 0 Å². The van der Waals surface area contributed by atoms with Gasteiger partial charge in [-0.2, -0.15) is 5.26 Å². The second kappa shape index (κ2) is 4.19. The van der Waals surface area contributed by atoms with Gasteiger partial charge in [-0.15, -0.1) is 0 Å². The smallest absolute Gasteiger partial charge is 0.216 e. The zero-order chi connectivity index (χ0) is 11.5. The van der Waals surface area contributed by atoms with E-state index < -0.39 is 14.9 Å². The maximum absolute atomic E-state index is 11.3. The predicted octanol–water partition coefficient (Wildman–Crippen LogP) is 2.21. The van der Waals surface area contributed by atoms with Gasteiger partial charge in [-0.1, -0.05) is 11.6 Å². The molecule has 0 saturated carbocycles. The molecule has 0 heterocycles. The molecule has 15 heavy (non-hydrogen) atoms. The van der Waals surface area contributed by atoms with Crippen LogP contribution in [0.5, 0.6) is 0 Å². The van der Waals surface area contributed by atoms with E-state index in [1.165, 1.54) is 12.1 Å². The monoisotopic (exact) mass is 242 g/mol. The van der Waals surface area contributed by atoms with Gasteiger partial charge in [0.25, 0.3) is 10.0 Å². The Bertz CT molecular complexity index is 583. The van der Waals surface area contributed by atoms with E-state index in [2.05, 4.69) is 9.43 Å². The molecule has 0 aliphatic heterocycles. The van der Waals surface area contributed by atoms with Crippen LogP contribution in [0.2, 0.25) is 5.02 Å². The highest BCUT2D eigenvalue weighted by Gasteiger charge is 2.17. The molecule has 0 aromatic heterocycles. The molecule has 76 valence electrons. The van der Waals surface area contributed by atoms with Gasteiger partial charge < -0.3 is 0 Å². The summed E-state index contributed by atoms with van der Waals surface area (Å²) < 4.78 is 25.3. The lowest BCUT2D eigenvalue weighted by atomic mass is 10.2. The van der Waals surface area contributed by atoms with Crippen molar-refractivity contribution in [3.05, 3.63) is 39.2 Å². The zero-order valence-corrected chi connectivity index (χ0v) is 8.70. The minimum absolute atomic E-state index is 0.119.